The van der Waals surface area contributed by atoms with Crippen molar-refractivity contribution in [3.8, 4) is 17.1 Å². The fourth-order valence-corrected chi connectivity index (χ4v) is 3.97. The molecule has 0 radical (unpaired) electrons. The van der Waals surface area contributed by atoms with Gasteiger partial charge in [-0.3, -0.25) is 0 Å². The average Bonchev–Trinajstić information content (AvgIpc) is 2.44. The van der Waals surface area contributed by atoms with Crippen LogP contribution in [0.5, 0.6) is 5.75 Å². The van der Waals surface area contributed by atoms with Crippen LogP contribution in [0.2, 0.25) is 0 Å². The molecule has 7 heteroatoms. The van der Waals surface area contributed by atoms with Gasteiger partial charge in [0.15, 0.2) is 16.1 Å². The van der Waals surface area contributed by atoms with Crippen LogP contribution in [-0.4, -0.2) is 32.1 Å². The Labute approximate surface area is 166 Å². The highest BCUT2D eigenvalue weighted by Crippen LogP contribution is 2.33. The summed E-state index contributed by atoms with van der Waals surface area (Å²) in [6.45, 7) is 10.7. The van der Waals surface area contributed by atoms with Crippen molar-refractivity contribution in [2.75, 3.05) is 7.11 Å². The second kappa shape index (κ2) is 8.23. The number of rotatable bonds is 5. The molecule has 0 N–H and O–H groups in total. The topological polar surface area (TPSA) is 47.9 Å². The summed E-state index contributed by atoms with van der Waals surface area (Å²) in [7, 11) is 1.68. The Balaban J connectivity index is 2.49. The Morgan fingerprint density at radius 2 is 1.75 bits per heavy atom. The highest BCUT2D eigenvalue weighted by molar-refractivity contribution is 14.1. The molecular formula is C17H22IN3OS2. The minimum atomic E-state index is 0.0438. The van der Waals surface area contributed by atoms with E-state index >= 15 is 0 Å². The Kier molecular flexibility index (Phi) is 6.78. The van der Waals surface area contributed by atoms with E-state index in [1.807, 2.05) is 18.2 Å². The predicted octanol–water partition coefficient (Wildman–Crippen LogP) is 5.54. The molecule has 0 saturated heterocycles. The first-order valence-electron chi connectivity index (χ1n) is 7.63. The van der Waals surface area contributed by atoms with Gasteiger partial charge in [-0.1, -0.05) is 58.1 Å². The molecule has 0 atom stereocenters. The summed E-state index contributed by atoms with van der Waals surface area (Å²) in [5.41, 5.74) is 0.941. The molecule has 0 spiro atoms. The molecule has 0 aliphatic rings. The Morgan fingerprint density at radius 1 is 1.08 bits per heavy atom. The van der Waals surface area contributed by atoms with E-state index in [1.165, 1.54) is 0 Å². The summed E-state index contributed by atoms with van der Waals surface area (Å²) in [5, 5.41) is 1.94. The van der Waals surface area contributed by atoms with Crippen LogP contribution < -0.4 is 4.74 Å². The van der Waals surface area contributed by atoms with Crippen LogP contribution in [0.25, 0.3) is 11.4 Å². The molecule has 130 valence electrons. The second-order valence-corrected chi connectivity index (χ2v) is 11.0. The molecule has 1 heterocycles. The highest BCUT2D eigenvalue weighted by Gasteiger charge is 2.18. The first kappa shape index (κ1) is 19.8. The molecule has 1 aromatic heterocycles. The van der Waals surface area contributed by atoms with E-state index in [9.17, 15) is 0 Å². The number of benzene rings is 1. The van der Waals surface area contributed by atoms with E-state index in [1.54, 1.807) is 30.6 Å². The van der Waals surface area contributed by atoms with Gasteiger partial charge in [-0.25, -0.2) is 9.97 Å². The van der Waals surface area contributed by atoms with Gasteiger partial charge in [-0.05, 0) is 40.8 Å². The molecule has 0 unspecified atom stereocenters. The third-order valence-electron chi connectivity index (χ3n) is 2.74. The van der Waals surface area contributed by atoms with Gasteiger partial charge in [0, 0.05) is 15.6 Å². The van der Waals surface area contributed by atoms with E-state index in [0.29, 0.717) is 11.1 Å². The number of ether oxygens (including phenoxy) is 1. The van der Waals surface area contributed by atoms with Gasteiger partial charge in [0.25, 0.3) is 0 Å². The summed E-state index contributed by atoms with van der Waals surface area (Å²) in [6.07, 6.45) is 0. The zero-order valence-corrected chi connectivity index (χ0v) is 18.5. The van der Waals surface area contributed by atoms with Crippen molar-refractivity contribution in [1.29, 1.82) is 0 Å². The summed E-state index contributed by atoms with van der Waals surface area (Å²) in [6, 6.07) is 6.02. The lowest BCUT2D eigenvalue weighted by molar-refractivity contribution is 0.412. The molecular weight excluding hydrogens is 453 g/mol. The molecule has 0 saturated carbocycles. The Bertz CT molecular complexity index is 717. The third kappa shape index (κ3) is 5.77. The third-order valence-corrected chi connectivity index (χ3v) is 5.48. The maximum Gasteiger partial charge on any atom is 0.192 e. The minimum absolute atomic E-state index is 0.0438. The van der Waals surface area contributed by atoms with E-state index in [2.05, 4.69) is 72.2 Å². The van der Waals surface area contributed by atoms with Gasteiger partial charge < -0.3 is 4.74 Å². The van der Waals surface area contributed by atoms with E-state index in [0.717, 1.165) is 25.2 Å². The standard InChI is InChI=1S/C17H22IN3OS2/c1-10(2)23-15-19-14(20-16(21-15)24-17(3,4)5)11-7-8-12(18)13(9-11)22-6/h7-10H,1-6H3. The van der Waals surface area contributed by atoms with E-state index in [-0.39, 0.29) is 4.75 Å². The molecule has 0 fully saturated rings. The van der Waals surface area contributed by atoms with Crippen molar-refractivity contribution >= 4 is 46.1 Å². The van der Waals surface area contributed by atoms with Crippen LogP contribution in [0.3, 0.4) is 0 Å². The first-order chi connectivity index (χ1) is 11.2. The summed E-state index contributed by atoms with van der Waals surface area (Å²) in [4.78, 5) is 13.9. The number of methoxy groups -OCH3 is 1. The smallest absolute Gasteiger partial charge is 0.192 e. The van der Waals surface area contributed by atoms with Crippen LogP contribution in [0, 0.1) is 3.57 Å². The van der Waals surface area contributed by atoms with Crippen LogP contribution in [0.1, 0.15) is 34.6 Å². The number of nitrogens with zero attached hydrogens (tertiary/aromatic N) is 3. The molecule has 0 aliphatic carbocycles. The fourth-order valence-electron chi connectivity index (χ4n) is 1.85. The SMILES string of the molecule is COc1cc(-c2nc(SC(C)C)nc(SC(C)(C)C)n2)ccc1I. The number of aromatic nitrogens is 3. The zero-order chi connectivity index (χ0) is 17.9. The van der Waals surface area contributed by atoms with Crippen molar-refractivity contribution in [3.05, 3.63) is 21.8 Å². The van der Waals surface area contributed by atoms with Crippen LogP contribution in [0.4, 0.5) is 0 Å². The average molecular weight is 475 g/mol. The maximum absolute atomic E-state index is 5.42. The van der Waals surface area contributed by atoms with Gasteiger partial charge >= 0.3 is 0 Å². The van der Waals surface area contributed by atoms with Crippen LogP contribution in [-0.2, 0) is 0 Å². The summed E-state index contributed by atoms with van der Waals surface area (Å²) in [5.74, 6) is 1.52. The van der Waals surface area contributed by atoms with Gasteiger partial charge in [0.1, 0.15) is 5.75 Å². The van der Waals surface area contributed by atoms with E-state index in [4.69, 9.17) is 4.74 Å². The van der Waals surface area contributed by atoms with Gasteiger partial charge in [-0.2, -0.15) is 4.98 Å². The van der Waals surface area contributed by atoms with Crippen LogP contribution in [0.15, 0.2) is 28.5 Å². The van der Waals surface area contributed by atoms with Crippen molar-refractivity contribution < 1.29 is 4.74 Å². The fraction of sp³-hybridized carbons (Fsp3) is 0.471. The lowest BCUT2D eigenvalue weighted by atomic mass is 10.2. The van der Waals surface area contributed by atoms with Crippen molar-refractivity contribution in [2.45, 2.75) is 54.9 Å². The van der Waals surface area contributed by atoms with Gasteiger partial charge in [0.2, 0.25) is 0 Å². The van der Waals surface area contributed by atoms with Crippen molar-refractivity contribution in [3.63, 3.8) is 0 Å². The van der Waals surface area contributed by atoms with Gasteiger partial charge in [0.05, 0.1) is 10.7 Å². The number of thioether (sulfide) groups is 2. The molecule has 0 amide bonds. The molecule has 4 nitrogen and oxygen atoms in total. The quantitative estimate of drug-likeness (QED) is 0.418. The monoisotopic (exact) mass is 475 g/mol. The van der Waals surface area contributed by atoms with E-state index < -0.39 is 0 Å². The molecule has 24 heavy (non-hydrogen) atoms. The molecule has 2 rings (SSSR count). The van der Waals surface area contributed by atoms with Crippen molar-refractivity contribution in [1.82, 2.24) is 15.0 Å². The molecule has 2 aromatic rings. The highest BCUT2D eigenvalue weighted by atomic mass is 127. The Hall–Kier alpha value is -0.540. The lowest BCUT2D eigenvalue weighted by Crippen LogP contribution is -2.10. The largest absolute Gasteiger partial charge is 0.496 e. The number of halogens is 1. The molecule has 1 aromatic carbocycles. The molecule has 0 bridgehead atoms. The summed E-state index contributed by atoms with van der Waals surface area (Å²) >= 11 is 5.57. The zero-order valence-electron chi connectivity index (χ0n) is 14.8. The number of hydrogen-bond donors (Lipinski definition) is 0. The van der Waals surface area contributed by atoms with Crippen LogP contribution >= 0.6 is 46.1 Å². The first-order valence-corrected chi connectivity index (χ1v) is 10.4. The minimum Gasteiger partial charge on any atom is -0.496 e. The normalized spacial score (nSPS) is 11.8. The lowest BCUT2D eigenvalue weighted by Gasteiger charge is -2.17. The molecule has 0 aliphatic heterocycles. The Morgan fingerprint density at radius 3 is 2.33 bits per heavy atom. The van der Waals surface area contributed by atoms with Gasteiger partial charge in [-0.15, -0.1) is 0 Å². The predicted molar refractivity (Wildman–Crippen MR) is 111 cm³/mol. The second-order valence-electron chi connectivity index (χ2n) is 6.45. The number of hydrogen-bond acceptors (Lipinski definition) is 6. The van der Waals surface area contributed by atoms with Crippen molar-refractivity contribution in [2.24, 2.45) is 0 Å². The summed E-state index contributed by atoms with van der Waals surface area (Å²) < 4.78 is 6.53. The maximum atomic E-state index is 5.42.